The van der Waals surface area contributed by atoms with Crippen LogP contribution in [0.5, 0.6) is 0 Å². The van der Waals surface area contributed by atoms with Gasteiger partial charge in [-0.25, -0.2) is 19.7 Å². The maximum absolute atomic E-state index is 12.6. The minimum absolute atomic E-state index is 0.0231. The van der Waals surface area contributed by atoms with Gasteiger partial charge in [-0.3, -0.25) is 0 Å². The second-order valence-electron chi connectivity index (χ2n) is 6.39. The maximum atomic E-state index is 12.6. The van der Waals surface area contributed by atoms with Crippen LogP contribution in [0.15, 0.2) is 59.4 Å². The number of aromatic amines is 2. The molecule has 0 fully saturated rings. The summed E-state index contributed by atoms with van der Waals surface area (Å²) in [4.78, 5) is 25.3. The van der Waals surface area contributed by atoms with Crippen molar-refractivity contribution < 1.29 is 9.78 Å². The van der Waals surface area contributed by atoms with Crippen molar-refractivity contribution in [2.75, 3.05) is 12.4 Å². The van der Waals surface area contributed by atoms with Gasteiger partial charge < -0.3 is 10.2 Å². The van der Waals surface area contributed by atoms with Crippen molar-refractivity contribution in [3.05, 3.63) is 65.0 Å². The van der Waals surface area contributed by atoms with Crippen LogP contribution < -0.4 is 10.3 Å². The van der Waals surface area contributed by atoms with Gasteiger partial charge in [0, 0.05) is 24.2 Å². The number of rotatable bonds is 4. The fourth-order valence-electron chi connectivity index (χ4n) is 2.94. The molecule has 0 spiro atoms. The summed E-state index contributed by atoms with van der Waals surface area (Å²) < 4.78 is 0. The van der Waals surface area contributed by atoms with Crippen LogP contribution in [0.1, 0.15) is 18.5 Å². The van der Waals surface area contributed by atoms with Crippen molar-refractivity contribution in [1.82, 2.24) is 14.9 Å². The lowest BCUT2D eigenvalue weighted by atomic mass is 10.1. The molecule has 2 aromatic carbocycles. The third-order valence-corrected chi connectivity index (χ3v) is 5.25. The summed E-state index contributed by atoms with van der Waals surface area (Å²) in [6.07, 6.45) is 0. The third kappa shape index (κ3) is 3.54. The monoisotopic (exact) mass is 378 g/mol. The number of urea groups is 1. The number of amides is 2. The van der Waals surface area contributed by atoms with Gasteiger partial charge >= 0.3 is 11.9 Å². The molecule has 27 heavy (non-hydrogen) atoms. The van der Waals surface area contributed by atoms with Crippen LogP contribution in [0.2, 0.25) is 0 Å². The molecule has 2 heterocycles. The first kappa shape index (κ1) is 17.2. The van der Waals surface area contributed by atoms with Crippen LogP contribution >= 0.6 is 11.3 Å². The average molecular weight is 378 g/mol. The number of thiazole rings is 1. The molecule has 136 valence electrons. The number of hydrogen-bond donors (Lipinski definition) is 2. The van der Waals surface area contributed by atoms with Crippen molar-refractivity contribution in [2.45, 2.75) is 13.0 Å². The summed E-state index contributed by atoms with van der Waals surface area (Å²) in [7, 11) is 1.80. The van der Waals surface area contributed by atoms with Crippen molar-refractivity contribution >= 4 is 34.1 Å². The molecule has 0 aliphatic rings. The van der Waals surface area contributed by atoms with E-state index in [0.717, 1.165) is 33.8 Å². The number of H-pyrrole nitrogens is 2. The molecule has 0 aliphatic carbocycles. The first-order valence-electron chi connectivity index (χ1n) is 8.64. The molecule has 0 unspecified atom stereocenters. The second-order valence-corrected chi connectivity index (χ2v) is 7.11. The van der Waals surface area contributed by atoms with Crippen LogP contribution in [-0.4, -0.2) is 27.9 Å². The number of nitrogens with zero attached hydrogens (tertiary/aromatic N) is 2. The molecule has 0 bridgehead atoms. The lowest BCUT2D eigenvalue weighted by molar-refractivity contribution is -0.330. The summed E-state index contributed by atoms with van der Waals surface area (Å²) >= 11 is 1.55. The fraction of sp³-hybridized carbons (Fsp3) is 0.150. The Bertz CT molecular complexity index is 1060. The third-order valence-electron chi connectivity index (χ3n) is 4.66. The number of carbonyl (C=O) groups is 1. The number of anilines is 1. The van der Waals surface area contributed by atoms with Crippen molar-refractivity contribution in [3.8, 4) is 11.5 Å². The molecule has 4 rings (SSSR count). The summed E-state index contributed by atoms with van der Waals surface area (Å²) in [5.74, 6) is 0.851. The molecule has 2 amide bonds. The first-order valence-corrected chi connectivity index (χ1v) is 9.58. The largest absolute Gasteiger partial charge is 0.322 e. The molecule has 6 nitrogen and oxygen atoms in total. The second kappa shape index (κ2) is 7.20. The molecular formula is C20H20N5OS+. The van der Waals surface area contributed by atoms with Crippen molar-refractivity contribution in [2.24, 2.45) is 0 Å². The van der Waals surface area contributed by atoms with Gasteiger partial charge in [0.2, 0.25) is 0 Å². The highest BCUT2D eigenvalue weighted by molar-refractivity contribution is 7.07. The Morgan fingerprint density at radius 1 is 1.26 bits per heavy atom. The Labute approximate surface area is 160 Å². The molecule has 7 heteroatoms. The molecule has 0 aliphatic heterocycles. The van der Waals surface area contributed by atoms with E-state index in [1.54, 1.807) is 28.8 Å². The molecule has 0 saturated heterocycles. The molecule has 0 saturated carbocycles. The van der Waals surface area contributed by atoms with Gasteiger partial charge in [0.1, 0.15) is 0 Å². The van der Waals surface area contributed by atoms with Crippen LogP contribution in [0.25, 0.3) is 22.6 Å². The van der Waals surface area contributed by atoms with Crippen LogP contribution in [0.3, 0.4) is 0 Å². The van der Waals surface area contributed by atoms with Gasteiger partial charge in [-0.1, -0.05) is 30.3 Å². The molecule has 0 radical (unpaired) electrons. The van der Waals surface area contributed by atoms with Gasteiger partial charge in [-0.15, -0.1) is 11.3 Å². The minimum atomic E-state index is -0.152. The summed E-state index contributed by atoms with van der Waals surface area (Å²) in [5.41, 5.74) is 6.37. The normalized spacial score (nSPS) is 12.1. The smallest absolute Gasteiger partial charge is 0.321 e. The standard InChI is InChI=1S/C20H19N5OS/c1-13(14-6-4-3-5-7-14)25(2)20(26)22-15-8-9-16-17(10-15)24-19(23-16)18-11-27-12-21-18/h3-13H,1-2H3,(H,22,26)(H,23,24)/p+1/t13-/m1/s1. The van der Waals surface area contributed by atoms with E-state index in [1.807, 2.05) is 60.8 Å². The zero-order chi connectivity index (χ0) is 18.8. The van der Waals surface area contributed by atoms with Gasteiger partial charge in [-0.2, -0.15) is 0 Å². The quantitative estimate of drug-likeness (QED) is 0.555. The van der Waals surface area contributed by atoms with E-state index in [-0.39, 0.29) is 12.1 Å². The van der Waals surface area contributed by atoms with Crippen LogP contribution in [0.4, 0.5) is 10.5 Å². The summed E-state index contributed by atoms with van der Waals surface area (Å²) in [6, 6.07) is 15.5. The van der Waals surface area contributed by atoms with E-state index in [4.69, 9.17) is 0 Å². The Morgan fingerprint density at radius 2 is 2.07 bits per heavy atom. The predicted octanol–water partition coefficient (Wildman–Crippen LogP) is 4.33. The van der Waals surface area contributed by atoms with E-state index >= 15 is 0 Å². The highest BCUT2D eigenvalue weighted by atomic mass is 32.1. The summed E-state index contributed by atoms with van der Waals surface area (Å²) in [5, 5.41) is 4.94. The number of hydrogen-bond acceptors (Lipinski definition) is 3. The van der Waals surface area contributed by atoms with Crippen molar-refractivity contribution in [3.63, 3.8) is 0 Å². The lowest BCUT2D eigenvalue weighted by Crippen LogP contribution is -2.33. The van der Waals surface area contributed by atoms with Crippen LogP contribution in [0, 0.1) is 0 Å². The van der Waals surface area contributed by atoms with Gasteiger partial charge in [0.25, 0.3) is 0 Å². The Morgan fingerprint density at radius 3 is 2.81 bits per heavy atom. The average Bonchev–Trinajstić information content (AvgIpc) is 3.36. The fourth-order valence-corrected chi connectivity index (χ4v) is 3.48. The molecule has 4 aromatic rings. The van der Waals surface area contributed by atoms with E-state index < -0.39 is 0 Å². The lowest BCUT2D eigenvalue weighted by Gasteiger charge is -2.25. The van der Waals surface area contributed by atoms with E-state index in [0.29, 0.717) is 0 Å². The Balaban J connectivity index is 1.51. The minimum Gasteiger partial charge on any atom is -0.321 e. The maximum Gasteiger partial charge on any atom is 0.322 e. The highest BCUT2D eigenvalue weighted by Crippen LogP contribution is 2.22. The zero-order valence-corrected chi connectivity index (χ0v) is 15.9. The van der Waals surface area contributed by atoms with Gasteiger partial charge in [-0.05, 0) is 24.6 Å². The zero-order valence-electron chi connectivity index (χ0n) is 15.1. The number of aromatic nitrogens is 3. The van der Waals surface area contributed by atoms with E-state index in [1.165, 1.54) is 0 Å². The predicted molar refractivity (Wildman–Crippen MR) is 108 cm³/mol. The molecule has 1 atom stereocenters. The molecule has 3 N–H and O–H groups in total. The van der Waals surface area contributed by atoms with Gasteiger partial charge in [0.15, 0.2) is 16.7 Å². The number of benzene rings is 2. The molecule has 2 aromatic heterocycles. The number of carbonyl (C=O) groups excluding carboxylic acids is 1. The SMILES string of the molecule is C[C@H](c1ccccc1)N(C)C(=O)Nc1ccc2[nH+]c(-c3cscn3)[nH]c2c1. The topological polar surface area (TPSA) is 75.2 Å². The summed E-state index contributed by atoms with van der Waals surface area (Å²) in [6.45, 7) is 2.01. The first-order chi connectivity index (χ1) is 13.1. The van der Waals surface area contributed by atoms with E-state index in [9.17, 15) is 4.79 Å². The molecular weight excluding hydrogens is 358 g/mol. The van der Waals surface area contributed by atoms with E-state index in [2.05, 4.69) is 20.3 Å². The highest BCUT2D eigenvalue weighted by Gasteiger charge is 2.19. The Kier molecular flexibility index (Phi) is 4.60. The van der Waals surface area contributed by atoms with Gasteiger partial charge in [0.05, 0.1) is 11.6 Å². The number of nitrogens with one attached hydrogen (secondary N) is 3. The Hall–Kier alpha value is -3.19. The number of imidazole rings is 1. The van der Waals surface area contributed by atoms with Crippen LogP contribution in [-0.2, 0) is 0 Å². The van der Waals surface area contributed by atoms with Crippen molar-refractivity contribution in [1.29, 1.82) is 0 Å². The number of fused-ring (bicyclic) bond motifs is 1.